The number of aliphatic hydroxyl groups is 3. The number of unbranched alkanes of at least 4 members (excludes halogenated alkanes) is 17. The van der Waals surface area contributed by atoms with E-state index in [0.717, 1.165) is 19.3 Å². The van der Waals surface area contributed by atoms with Crippen LogP contribution in [0.25, 0.3) is 0 Å². The lowest BCUT2D eigenvalue weighted by Gasteiger charge is -2.24. The molecule has 0 amide bonds. The lowest BCUT2D eigenvalue weighted by molar-refractivity contribution is -0.163. The van der Waals surface area contributed by atoms with Gasteiger partial charge in [-0.1, -0.05) is 116 Å². The Hall–Kier alpha value is -0.690. The molecule has 1 aliphatic rings. The number of rotatable bonds is 20. The van der Waals surface area contributed by atoms with Crippen molar-refractivity contribution in [1.29, 1.82) is 0 Å². The monoisotopic (exact) mass is 472 g/mol. The van der Waals surface area contributed by atoms with Crippen LogP contribution in [0.2, 0.25) is 0 Å². The van der Waals surface area contributed by atoms with E-state index in [1.165, 1.54) is 96.3 Å². The maximum Gasteiger partial charge on any atom is 0.306 e. The summed E-state index contributed by atoms with van der Waals surface area (Å²) in [6, 6.07) is 0. The van der Waals surface area contributed by atoms with Gasteiger partial charge in [0, 0.05) is 6.42 Å². The Balaban J connectivity index is 1.84. The van der Waals surface area contributed by atoms with Crippen LogP contribution in [-0.4, -0.2) is 58.9 Å². The predicted octanol–water partition coefficient (Wildman–Crippen LogP) is 5.44. The maximum absolute atomic E-state index is 12.0. The van der Waals surface area contributed by atoms with Gasteiger partial charge < -0.3 is 24.8 Å². The molecule has 196 valence electrons. The van der Waals surface area contributed by atoms with Gasteiger partial charge in [0.1, 0.15) is 18.3 Å². The molecule has 4 atom stereocenters. The van der Waals surface area contributed by atoms with E-state index >= 15 is 0 Å². The van der Waals surface area contributed by atoms with Crippen LogP contribution in [-0.2, 0) is 14.3 Å². The van der Waals surface area contributed by atoms with Gasteiger partial charge >= 0.3 is 5.97 Å². The lowest BCUT2D eigenvalue weighted by Crippen LogP contribution is -2.45. The number of esters is 1. The molecule has 0 aromatic carbocycles. The summed E-state index contributed by atoms with van der Waals surface area (Å²) in [6.45, 7) is 2.18. The highest BCUT2D eigenvalue weighted by atomic mass is 16.6. The van der Waals surface area contributed by atoms with Crippen LogP contribution in [0.15, 0.2) is 0 Å². The first-order chi connectivity index (χ1) is 16.1. The Kier molecular flexibility index (Phi) is 19.0. The molecule has 0 saturated carbocycles. The van der Waals surface area contributed by atoms with E-state index in [4.69, 9.17) is 9.47 Å². The van der Waals surface area contributed by atoms with E-state index in [2.05, 4.69) is 6.92 Å². The van der Waals surface area contributed by atoms with Crippen LogP contribution in [0, 0.1) is 0 Å². The SMILES string of the molecule is CCCCCCCCCCCCCCCCCCCCC(=O)O[C@@H]1COC[C@@H](O)[C@@H](O)[C@@H]1O. The summed E-state index contributed by atoms with van der Waals surface area (Å²) >= 11 is 0. The van der Waals surface area contributed by atoms with E-state index < -0.39 is 24.4 Å². The average molecular weight is 473 g/mol. The fraction of sp³-hybridized carbons (Fsp3) is 0.963. The van der Waals surface area contributed by atoms with Crippen LogP contribution in [0.5, 0.6) is 0 Å². The number of ether oxygens (including phenoxy) is 2. The summed E-state index contributed by atoms with van der Waals surface area (Å²) in [5.74, 6) is -0.386. The Labute approximate surface area is 202 Å². The van der Waals surface area contributed by atoms with E-state index in [-0.39, 0.29) is 19.2 Å². The van der Waals surface area contributed by atoms with Crippen molar-refractivity contribution in [2.24, 2.45) is 0 Å². The van der Waals surface area contributed by atoms with Crippen molar-refractivity contribution in [3.8, 4) is 0 Å². The van der Waals surface area contributed by atoms with Gasteiger partial charge in [0.15, 0.2) is 6.10 Å². The summed E-state index contributed by atoms with van der Waals surface area (Å²) < 4.78 is 10.4. The summed E-state index contributed by atoms with van der Waals surface area (Å²) in [5.41, 5.74) is 0. The van der Waals surface area contributed by atoms with E-state index in [9.17, 15) is 20.1 Å². The van der Waals surface area contributed by atoms with Crippen molar-refractivity contribution >= 4 is 5.97 Å². The van der Waals surface area contributed by atoms with Crippen LogP contribution < -0.4 is 0 Å². The number of aliphatic hydroxyl groups excluding tert-OH is 3. The normalized spacial score (nSPS) is 23.4. The molecule has 1 fully saturated rings. The third kappa shape index (κ3) is 15.8. The van der Waals surface area contributed by atoms with Crippen LogP contribution >= 0.6 is 0 Å². The predicted molar refractivity (Wildman–Crippen MR) is 132 cm³/mol. The second-order valence-corrected chi connectivity index (χ2v) is 9.87. The second kappa shape index (κ2) is 20.7. The van der Waals surface area contributed by atoms with Crippen molar-refractivity contribution < 1.29 is 29.6 Å². The summed E-state index contributed by atoms with van der Waals surface area (Å²) in [7, 11) is 0. The van der Waals surface area contributed by atoms with Gasteiger partial charge in [0.05, 0.1) is 13.2 Å². The zero-order chi connectivity index (χ0) is 24.2. The molecule has 6 heteroatoms. The van der Waals surface area contributed by atoms with E-state index in [1.807, 2.05) is 0 Å². The lowest BCUT2D eigenvalue weighted by atomic mass is 10.0. The van der Waals surface area contributed by atoms with Gasteiger partial charge in [-0.25, -0.2) is 0 Å². The summed E-state index contributed by atoms with van der Waals surface area (Å²) in [4.78, 5) is 12.0. The molecular formula is C27H52O6. The molecule has 0 radical (unpaired) electrons. The first-order valence-electron chi connectivity index (χ1n) is 13.9. The molecule has 0 aliphatic carbocycles. The van der Waals surface area contributed by atoms with Gasteiger partial charge in [-0.05, 0) is 6.42 Å². The average Bonchev–Trinajstić information content (AvgIpc) is 2.92. The van der Waals surface area contributed by atoms with Crippen molar-refractivity contribution in [3.05, 3.63) is 0 Å². The minimum atomic E-state index is -1.37. The van der Waals surface area contributed by atoms with Gasteiger partial charge in [-0.2, -0.15) is 0 Å². The van der Waals surface area contributed by atoms with Crippen molar-refractivity contribution in [3.63, 3.8) is 0 Å². The van der Waals surface area contributed by atoms with E-state index in [1.54, 1.807) is 0 Å². The third-order valence-electron chi connectivity index (χ3n) is 6.71. The molecule has 1 saturated heterocycles. The fourth-order valence-corrected chi connectivity index (χ4v) is 4.45. The molecule has 0 aromatic heterocycles. The van der Waals surface area contributed by atoms with Gasteiger partial charge in [0.25, 0.3) is 0 Å². The zero-order valence-corrected chi connectivity index (χ0v) is 21.2. The standard InChI is InChI=1S/C27H52O6/c1-2-3-4-5-6-7-8-9-10-11-12-13-14-15-16-17-18-19-20-25(29)33-24-22-32-21-23(28)26(30)27(24)31/h23-24,26-28,30-31H,2-22H2,1H3/t23-,24-,26-,27-/m1/s1. The molecular weight excluding hydrogens is 420 g/mol. The van der Waals surface area contributed by atoms with Crippen LogP contribution in [0.4, 0.5) is 0 Å². The molecule has 3 N–H and O–H groups in total. The summed E-state index contributed by atoms with van der Waals surface area (Å²) in [5, 5.41) is 29.4. The summed E-state index contributed by atoms with van der Waals surface area (Å²) in [6.07, 6.45) is 19.0. The minimum Gasteiger partial charge on any atom is -0.457 e. The molecule has 0 spiro atoms. The molecule has 0 aromatic rings. The number of hydrogen-bond donors (Lipinski definition) is 3. The molecule has 33 heavy (non-hydrogen) atoms. The third-order valence-corrected chi connectivity index (χ3v) is 6.71. The van der Waals surface area contributed by atoms with Crippen LogP contribution in [0.1, 0.15) is 129 Å². The Bertz CT molecular complexity index is 458. The largest absolute Gasteiger partial charge is 0.457 e. The van der Waals surface area contributed by atoms with Crippen LogP contribution in [0.3, 0.4) is 0 Å². The Morgan fingerprint density at radius 1 is 0.667 bits per heavy atom. The second-order valence-electron chi connectivity index (χ2n) is 9.87. The van der Waals surface area contributed by atoms with Gasteiger partial charge in [-0.15, -0.1) is 0 Å². The van der Waals surface area contributed by atoms with Crippen molar-refractivity contribution in [2.45, 2.75) is 153 Å². The first kappa shape index (κ1) is 30.3. The topological polar surface area (TPSA) is 96.2 Å². The molecule has 0 unspecified atom stereocenters. The quantitative estimate of drug-likeness (QED) is 0.161. The van der Waals surface area contributed by atoms with E-state index in [0.29, 0.717) is 6.42 Å². The first-order valence-corrected chi connectivity index (χ1v) is 13.9. The van der Waals surface area contributed by atoms with Gasteiger partial charge in [0.2, 0.25) is 0 Å². The minimum absolute atomic E-state index is 0.0137. The number of carbonyl (C=O) groups excluding carboxylic acids is 1. The van der Waals surface area contributed by atoms with Crippen molar-refractivity contribution in [2.75, 3.05) is 13.2 Å². The molecule has 6 nitrogen and oxygen atoms in total. The molecule has 1 aliphatic heterocycles. The smallest absolute Gasteiger partial charge is 0.306 e. The molecule has 1 rings (SSSR count). The molecule has 1 heterocycles. The highest BCUT2D eigenvalue weighted by Gasteiger charge is 2.36. The zero-order valence-electron chi connectivity index (χ0n) is 21.2. The maximum atomic E-state index is 12.0. The Morgan fingerprint density at radius 2 is 1.09 bits per heavy atom. The fourth-order valence-electron chi connectivity index (χ4n) is 4.45. The highest BCUT2D eigenvalue weighted by Crippen LogP contribution is 2.17. The Morgan fingerprint density at radius 3 is 1.55 bits per heavy atom. The molecule has 0 bridgehead atoms. The number of carbonyl (C=O) groups is 1. The number of hydrogen-bond acceptors (Lipinski definition) is 6. The van der Waals surface area contributed by atoms with Crippen molar-refractivity contribution in [1.82, 2.24) is 0 Å². The highest BCUT2D eigenvalue weighted by molar-refractivity contribution is 5.69. The van der Waals surface area contributed by atoms with Gasteiger partial charge in [-0.3, -0.25) is 4.79 Å².